The summed E-state index contributed by atoms with van der Waals surface area (Å²) in [7, 11) is 1.70. The van der Waals surface area contributed by atoms with Gasteiger partial charge >= 0.3 is 0 Å². The van der Waals surface area contributed by atoms with E-state index in [2.05, 4.69) is 41.8 Å². The number of aryl methyl sites for hydroxylation is 1. The van der Waals surface area contributed by atoms with Crippen LogP contribution in [-0.2, 0) is 14.9 Å². The first-order valence-electron chi connectivity index (χ1n) is 7.75. The van der Waals surface area contributed by atoms with E-state index in [9.17, 15) is 4.79 Å². The Morgan fingerprint density at radius 3 is 2.81 bits per heavy atom. The summed E-state index contributed by atoms with van der Waals surface area (Å²) in [6, 6.07) is 8.40. The fourth-order valence-electron chi connectivity index (χ4n) is 3.32. The van der Waals surface area contributed by atoms with Gasteiger partial charge in [0.15, 0.2) is 0 Å². The van der Waals surface area contributed by atoms with Crippen LogP contribution < -0.4 is 10.6 Å². The minimum atomic E-state index is -0.109. The largest absolute Gasteiger partial charge is 0.380 e. The third-order valence-corrected chi connectivity index (χ3v) is 4.91. The van der Waals surface area contributed by atoms with Gasteiger partial charge in [0.05, 0.1) is 12.1 Å². The van der Waals surface area contributed by atoms with E-state index in [0.29, 0.717) is 0 Å². The first-order chi connectivity index (χ1) is 10.1. The van der Waals surface area contributed by atoms with Crippen molar-refractivity contribution in [2.45, 2.75) is 43.7 Å². The molecule has 1 saturated carbocycles. The molecule has 1 heterocycles. The van der Waals surface area contributed by atoms with Crippen LogP contribution in [0.2, 0.25) is 0 Å². The fraction of sp³-hybridized carbons (Fsp3) is 0.588. The lowest BCUT2D eigenvalue weighted by Gasteiger charge is -2.20. The second-order valence-electron chi connectivity index (χ2n) is 6.37. The predicted molar refractivity (Wildman–Crippen MR) is 82.3 cm³/mol. The molecule has 1 aromatic carbocycles. The monoisotopic (exact) mass is 288 g/mol. The summed E-state index contributed by atoms with van der Waals surface area (Å²) in [6.07, 6.45) is 3.25. The lowest BCUT2D eigenvalue weighted by Crippen LogP contribution is -2.43. The fourth-order valence-corrected chi connectivity index (χ4v) is 3.32. The quantitative estimate of drug-likeness (QED) is 0.864. The normalized spacial score (nSPS) is 26.6. The van der Waals surface area contributed by atoms with E-state index in [0.717, 1.165) is 32.4 Å². The topological polar surface area (TPSA) is 50.4 Å². The van der Waals surface area contributed by atoms with Gasteiger partial charge in [-0.15, -0.1) is 0 Å². The summed E-state index contributed by atoms with van der Waals surface area (Å²) in [4.78, 5) is 12.3. The highest BCUT2D eigenvalue weighted by atomic mass is 16.5. The molecule has 21 heavy (non-hydrogen) atoms. The van der Waals surface area contributed by atoms with Crippen LogP contribution in [0.4, 0.5) is 0 Å². The maximum Gasteiger partial charge on any atom is 0.237 e. The Morgan fingerprint density at radius 2 is 2.19 bits per heavy atom. The van der Waals surface area contributed by atoms with Crippen molar-refractivity contribution in [3.8, 4) is 0 Å². The summed E-state index contributed by atoms with van der Waals surface area (Å²) in [6.45, 7) is 3.66. The molecule has 0 spiro atoms. The Bertz CT molecular complexity index is 525. The van der Waals surface area contributed by atoms with E-state index in [1.807, 2.05) is 0 Å². The van der Waals surface area contributed by atoms with E-state index in [-0.39, 0.29) is 23.5 Å². The minimum Gasteiger partial charge on any atom is -0.380 e. The first kappa shape index (κ1) is 14.5. The van der Waals surface area contributed by atoms with Gasteiger partial charge in [0.2, 0.25) is 5.91 Å². The van der Waals surface area contributed by atoms with Gasteiger partial charge < -0.3 is 15.4 Å². The van der Waals surface area contributed by atoms with Crippen molar-refractivity contribution in [1.29, 1.82) is 0 Å². The molecule has 1 amide bonds. The summed E-state index contributed by atoms with van der Waals surface area (Å²) < 4.78 is 5.29. The summed E-state index contributed by atoms with van der Waals surface area (Å²) in [5.74, 6) is 0.106. The first-order valence-corrected chi connectivity index (χ1v) is 7.75. The number of ether oxygens (including phenoxy) is 1. The Morgan fingerprint density at radius 1 is 1.43 bits per heavy atom. The average molecular weight is 288 g/mol. The molecule has 4 nitrogen and oxygen atoms in total. The second-order valence-corrected chi connectivity index (χ2v) is 6.37. The molecular formula is C17H24N2O2. The predicted octanol–water partition coefficient (Wildman–Crippen LogP) is 1.52. The van der Waals surface area contributed by atoms with Crippen molar-refractivity contribution in [3.05, 3.63) is 35.4 Å². The van der Waals surface area contributed by atoms with Crippen LogP contribution in [0.25, 0.3) is 0 Å². The third kappa shape index (κ3) is 2.97. The highest BCUT2D eigenvalue weighted by molar-refractivity contribution is 5.82. The number of hydrogen-bond donors (Lipinski definition) is 2. The van der Waals surface area contributed by atoms with Crippen LogP contribution in [0.15, 0.2) is 24.3 Å². The van der Waals surface area contributed by atoms with Crippen LogP contribution in [-0.4, -0.2) is 38.3 Å². The molecule has 2 atom stereocenters. The van der Waals surface area contributed by atoms with E-state index >= 15 is 0 Å². The van der Waals surface area contributed by atoms with Gasteiger partial charge in [-0.2, -0.15) is 0 Å². The van der Waals surface area contributed by atoms with Crippen molar-refractivity contribution in [3.63, 3.8) is 0 Å². The minimum absolute atomic E-state index is 0.106. The molecule has 1 aliphatic heterocycles. The molecular weight excluding hydrogens is 264 g/mol. The van der Waals surface area contributed by atoms with Gasteiger partial charge in [-0.1, -0.05) is 24.3 Å². The molecule has 114 valence electrons. The third-order valence-electron chi connectivity index (χ3n) is 4.91. The molecule has 1 saturated heterocycles. The van der Waals surface area contributed by atoms with Crippen LogP contribution >= 0.6 is 0 Å². The smallest absolute Gasteiger partial charge is 0.237 e. The molecule has 0 aromatic heterocycles. The maximum atomic E-state index is 12.3. The summed E-state index contributed by atoms with van der Waals surface area (Å²) in [5.41, 5.74) is 2.88. The van der Waals surface area contributed by atoms with E-state index in [1.54, 1.807) is 7.11 Å². The van der Waals surface area contributed by atoms with E-state index in [4.69, 9.17) is 4.74 Å². The molecule has 1 aromatic rings. The molecule has 1 aliphatic carbocycles. The number of carbonyl (C=O) groups is 1. The standard InChI is InChI=1S/C17H24N2O2/c1-12-5-3-4-6-14(12)17(7-8-17)11-19-16(20)15-9-13(21-2)10-18-15/h3-6,13,15,18H,7-11H2,1-2H3,(H,19,20)/t13-,15-/m0/s1. The van der Waals surface area contributed by atoms with Crippen molar-refractivity contribution < 1.29 is 9.53 Å². The maximum absolute atomic E-state index is 12.3. The van der Waals surface area contributed by atoms with Gasteiger partial charge in [-0.05, 0) is 37.3 Å². The summed E-state index contributed by atoms with van der Waals surface area (Å²) >= 11 is 0. The van der Waals surface area contributed by atoms with Gasteiger partial charge in [0.1, 0.15) is 0 Å². The molecule has 3 rings (SSSR count). The van der Waals surface area contributed by atoms with Crippen LogP contribution in [0, 0.1) is 6.92 Å². The molecule has 2 aliphatic rings. The van der Waals surface area contributed by atoms with Gasteiger partial charge in [0.25, 0.3) is 0 Å². The molecule has 0 unspecified atom stereocenters. The zero-order valence-corrected chi connectivity index (χ0v) is 12.8. The van der Waals surface area contributed by atoms with E-state index in [1.165, 1.54) is 11.1 Å². The van der Waals surface area contributed by atoms with Crippen LogP contribution in [0.5, 0.6) is 0 Å². The zero-order chi connectivity index (χ0) is 14.9. The SMILES string of the molecule is CO[C@@H]1CN[C@H](C(=O)NCC2(c3ccccc3C)CC2)C1. The van der Waals surface area contributed by atoms with Gasteiger partial charge in [0, 0.05) is 25.6 Å². The van der Waals surface area contributed by atoms with Gasteiger partial charge in [-0.25, -0.2) is 0 Å². The van der Waals surface area contributed by atoms with Crippen LogP contribution in [0.3, 0.4) is 0 Å². The lowest BCUT2D eigenvalue weighted by molar-refractivity contribution is -0.123. The number of benzene rings is 1. The zero-order valence-electron chi connectivity index (χ0n) is 12.8. The highest BCUT2D eigenvalue weighted by Gasteiger charge is 2.45. The number of carbonyl (C=O) groups excluding carboxylic acids is 1. The average Bonchev–Trinajstić information content (AvgIpc) is 3.12. The Labute approximate surface area is 126 Å². The number of nitrogens with one attached hydrogen (secondary N) is 2. The van der Waals surface area contributed by atoms with Crippen LogP contribution in [0.1, 0.15) is 30.4 Å². The second kappa shape index (κ2) is 5.78. The van der Waals surface area contributed by atoms with Gasteiger partial charge in [-0.3, -0.25) is 4.79 Å². The van der Waals surface area contributed by atoms with Crippen molar-refractivity contribution in [2.75, 3.05) is 20.2 Å². The molecule has 2 N–H and O–H groups in total. The van der Waals surface area contributed by atoms with Crippen molar-refractivity contribution in [2.24, 2.45) is 0 Å². The Kier molecular flexibility index (Phi) is 4.00. The number of hydrogen-bond acceptors (Lipinski definition) is 3. The molecule has 2 fully saturated rings. The Hall–Kier alpha value is -1.39. The number of rotatable bonds is 5. The Balaban J connectivity index is 1.58. The highest BCUT2D eigenvalue weighted by Crippen LogP contribution is 2.48. The number of methoxy groups -OCH3 is 1. The van der Waals surface area contributed by atoms with Crippen molar-refractivity contribution in [1.82, 2.24) is 10.6 Å². The lowest BCUT2D eigenvalue weighted by atomic mass is 9.92. The summed E-state index contributed by atoms with van der Waals surface area (Å²) in [5, 5.41) is 6.37. The molecule has 0 radical (unpaired) electrons. The molecule has 4 heteroatoms. The van der Waals surface area contributed by atoms with E-state index < -0.39 is 0 Å². The number of amides is 1. The molecule has 0 bridgehead atoms. The van der Waals surface area contributed by atoms with Crippen molar-refractivity contribution >= 4 is 5.91 Å².